The number of hydrogen-bond donors (Lipinski definition) is 1. The van der Waals surface area contributed by atoms with Crippen molar-refractivity contribution >= 4 is 33.3 Å². The highest BCUT2D eigenvalue weighted by Crippen LogP contribution is 2.36. The molecule has 0 spiro atoms. The molecule has 0 saturated heterocycles. The predicted octanol–water partition coefficient (Wildman–Crippen LogP) is 4.68. The molecule has 0 aliphatic rings. The molecule has 0 aliphatic heterocycles. The Morgan fingerprint density at radius 3 is 2.29 bits per heavy atom. The number of anilines is 1. The van der Waals surface area contributed by atoms with Crippen molar-refractivity contribution in [3.63, 3.8) is 0 Å². The Morgan fingerprint density at radius 1 is 1.04 bits per heavy atom. The van der Waals surface area contributed by atoms with Gasteiger partial charge in [0, 0.05) is 23.9 Å². The van der Waals surface area contributed by atoms with Gasteiger partial charge in [0.1, 0.15) is 0 Å². The molecular weight excluding hydrogens is 439 g/mol. The van der Waals surface area contributed by atoms with E-state index in [1.165, 1.54) is 12.1 Å². The van der Waals surface area contributed by atoms with Gasteiger partial charge in [-0.1, -0.05) is 42.5 Å². The van der Waals surface area contributed by atoms with E-state index in [0.29, 0.717) is 15.8 Å². The third-order valence-electron chi connectivity index (χ3n) is 3.89. The first-order valence-corrected chi connectivity index (χ1v) is 8.78. The maximum Gasteiger partial charge on any atom is 0.434 e. The van der Waals surface area contributed by atoms with Crippen molar-refractivity contribution in [2.75, 3.05) is 5.32 Å². The predicted molar refractivity (Wildman–Crippen MR) is 100 cm³/mol. The van der Waals surface area contributed by atoms with E-state index in [1.807, 2.05) is 0 Å². The van der Waals surface area contributed by atoms with Gasteiger partial charge in [-0.3, -0.25) is 14.3 Å². The van der Waals surface area contributed by atoms with Gasteiger partial charge in [-0.05, 0) is 28.1 Å². The first kappa shape index (κ1) is 19.8. The summed E-state index contributed by atoms with van der Waals surface area (Å²) in [6.45, 7) is 0. The number of halogens is 4. The Kier molecular flexibility index (Phi) is 5.37. The van der Waals surface area contributed by atoms with E-state index in [-0.39, 0.29) is 11.5 Å². The zero-order chi connectivity index (χ0) is 20.5. The fraction of sp³-hybridized carbons (Fsp3) is 0.105. The molecule has 3 rings (SSSR count). The fourth-order valence-corrected chi connectivity index (χ4v) is 3.38. The monoisotopic (exact) mass is 451 g/mol. The lowest BCUT2D eigenvalue weighted by Crippen LogP contribution is -2.14. The van der Waals surface area contributed by atoms with Crippen LogP contribution in [0.25, 0.3) is 0 Å². The Labute approximate surface area is 166 Å². The molecule has 0 unspecified atom stereocenters. The Bertz CT molecular complexity index is 1050. The molecule has 9 heteroatoms. The molecule has 0 bridgehead atoms. The van der Waals surface area contributed by atoms with Crippen molar-refractivity contribution in [3.8, 4) is 0 Å². The van der Waals surface area contributed by atoms with Crippen LogP contribution in [0.3, 0.4) is 0 Å². The number of aromatic nitrogens is 2. The molecule has 5 nitrogen and oxygen atoms in total. The summed E-state index contributed by atoms with van der Waals surface area (Å²) in [6.07, 6.45) is -4.67. The quantitative estimate of drug-likeness (QED) is 0.585. The third kappa shape index (κ3) is 3.99. The second-order valence-corrected chi connectivity index (χ2v) is 6.66. The highest BCUT2D eigenvalue weighted by molar-refractivity contribution is 9.10. The van der Waals surface area contributed by atoms with Crippen molar-refractivity contribution in [2.45, 2.75) is 6.18 Å². The summed E-state index contributed by atoms with van der Waals surface area (Å²) in [7, 11) is 1.10. The molecule has 2 aromatic carbocycles. The molecule has 0 fully saturated rings. The van der Waals surface area contributed by atoms with E-state index in [2.05, 4.69) is 26.3 Å². The Balaban J connectivity index is 1.85. The van der Waals surface area contributed by atoms with Crippen LogP contribution >= 0.6 is 15.9 Å². The smallest absolute Gasteiger partial charge is 0.321 e. The zero-order valence-corrected chi connectivity index (χ0v) is 16.0. The van der Waals surface area contributed by atoms with Crippen LogP contribution in [-0.4, -0.2) is 21.5 Å². The number of nitrogens with zero attached hydrogens (tertiary/aromatic N) is 2. The lowest BCUT2D eigenvalue weighted by molar-refractivity contribution is -0.144. The molecule has 28 heavy (non-hydrogen) atoms. The lowest BCUT2D eigenvalue weighted by atomic mass is 10.0. The number of ketones is 1. The van der Waals surface area contributed by atoms with Crippen molar-refractivity contribution in [2.24, 2.45) is 7.05 Å². The van der Waals surface area contributed by atoms with Crippen LogP contribution in [0.4, 0.5) is 18.9 Å². The van der Waals surface area contributed by atoms with Crippen molar-refractivity contribution in [3.05, 3.63) is 81.6 Å². The highest BCUT2D eigenvalue weighted by Gasteiger charge is 2.39. The highest BCUT2D eigenvalue weighted by atomic mass is 79.9. The third-order valence-corrected chi connectivity index (χ3v) is 4.64. The van der Waals surface area contributed by atoms with Crippen molar-refractivity contribution < 1.29 is 22.8 Å². The van der Waals surface area contributed by atoms with E-state index in [0.717, 1.165) is 7.05 Å². The standard InChI is InChI=1S/C19H13BrF3N3O2/c1-26-17(19(21,22)23)14(20)15(25-26)18(28)24-13-9-5-8-12(10-13)16(27)11-6-3-2-4-7-11/h2-10H,1H3,(H,24,28). The number of benzene rings is 2. The molecule has 0 aliphatic carbocycles. The number of aryl methyl sites for hydroxylation is 1. The van der Waals surface area contributed by atoms with E-state index >= 15 is 0 Å². The normalized spacial score (nSPS) is 11.3. The number of carbonyl (C=O) groups is 2. The number of alkyl halides is 3. The molecule has 144 valence electrons. The number of rotatable bonds is 4. The van der Waals surface area contributed by atoms with Gasteiger partial charge in [0.05, 0.1) is 4.47 Å². The number of nitrogens with one attached hydrogen (secondary N) is 1. The van der Waals surface area contributed by atoms with Gasteiger partial charge in [-0.15, -0.1) is 0 Å². The minimum absolute atomic E-state index is 0.241. The summed E-state index contributed by atoms with van der Waals surface area (Å²) >= 11 is 2.80. The first-order valence-electron chi connectivity index (χ1n) is 7.99. The van der Waals surface area contributed by atoms with Crippen LogP contribution in [0.5, 0.6) is 0 Å². The SMILES string of the molecule is Cn1nc(C(=O)Nc2cccc(C(=O)c3ccccc3)c2)c(Br)c1C(F)(F)F. The summed E-state index contributed by atoms with van der Waals surface area (Å²) in [5.74, 6) is -1.07. The molecule has 1 heterocycles. The van der Waals surface area contributed by atoms with E-state index in [1.54, 1.807) is 42.5 Å². The van der Waals surface area contributed by atoms with Gasteiger partial charge in [0.25, 0.3) is 5.91 Å². The molecule has 0 saturated carbocycles. The van der Waals surface area contributed by atoms with Crippen molar-refractivity contribution in [1.82, 2.24) is 9.78 Å². The topological polar surface area (TPSA) is 64.0 Å². The summed E-state index contributed by atoms with van der Waals surface area (Å²) in [5, 5.41) is 6.12. The fourth-order valence-electron chi connectivity index (χ4n) is 2.64. The Hall–Kier alpha value is -2.94. The zero-order valence-electron chi connectivity index (χ0n) is 14.4. The van der Waals surface area contributed by atoms with Crippen LogP contribution in [0, 0.1) is 0 Å². The molecule has 3 aromatic rings. The van der Waals surface area contributed by atoms with Crippen LogP contribution < -0.4 is 5.32 Å². The van der Waals surface area contributed by atoms with Crippen LogP contribution in [0.1, 0.15) is 32.1 Å². The van der Waals surface area contributed by atoms with Crippen LogP contribution in [0.15, 0.2) is 59.1 Å². The summed E-state index contributed by atoms with van der Waals surface area (Å²) in [6, 6.07) is 14.7. The number of carbonyl (C=O) groups excluding carboxylic acids is 2. The number of hydrogen-bond acceptors (Lipinski definition) is 3. The summed E-state index contributed by atoms with van der Waals surface area (Å²) in [4.78, 5) is 24.9. The molecule has 1 N–H and O–H groups in total. The van der Waals surface area contributed by atoms with E-state index in [9.17, 15) is 22.8 Å². The second kappa shape index (κ2) is 7.59. The van der Waals surface area contributed by atoms with Gasteiger partial charge in [-0.25, -0.2) is 0 Å². The van der Waals surface area contributed by atoms with Crippen LogP contribution in [0.2, 0.25) is 0 Å². The Morgan fingerprint density at radius 2 is 1.68 bits per heavy atom. The van der Waals surface area contributed by atoms with Crippen molar-refractivity contribution in [1.29, 1.82) is 0 Å². The minimum Gasteiger partial charge on any atom is -0.321 e. The molecule has 1 aromatic heterocycles. The lowest BCUT2D eigenvalue weighted by Gasteiger charge is -2.07. The average Bonchev–Trinajstić information content (AvgIpc) is 2.96. The average molecular weight is 452 g/mol. The summed E-state index contributed by atoms with van der Waals surface area (Å²) in [5.41, 5.74) is -0.397. The number of amides is 1. The summed E-state index contributed by atoms with van der Waals surface area (Å²) < 4.78 is 39.3. The molecule has 1 amide bonds. The largest absolute Gasteiger partial charge is 0.434 e. The maximum absolute atomic E-state index is 13.1. The van der Waals surface area contributed by atoms with Gasteiger partial charge in [0.15, 0.2) is 17.2 Å². The van der Waals surface area contributed by atoms with Gasteiger partial charge < -0.3 is 5.32 Å². The maximum atomic E-state index is 13.1. The van der Waals surface area contributed by atoms with Gasteiger partial charge in [0.2, 0.25) is 0 Å². The molecular formula is C19H13BrF3N3O2. The second-order valence-electron chi connectivity index (χ2n) is 5.86. The van der Waals surface area contributed by atoms with E-state index in [4.69, 9.17) is 0 Å². The van der Waals surface area contributed by atoms with Gasteiger partial charge >= 0.3 is 6.18 Å². The first-order chi connectivity index (χ1) is 13.2. The molecule has 0 radical (unpaired) electrons. The minimum atomic E-state index is -4.67. The molecule has 0 atom stereocenters. The van der Waals surface area contributed by atoms with Gasteiger partial charge in [-0.2, -0.15) is 18.3 Å². The van der Waals surface area contributed by atoms with E-state index < -0.39 is 27.9 Å². The van der Waals surface area contributed by atoms with Crippen LogP contribution in [-0.2, 0) is 13.2 Å².